The van der Waals surface area contributed by atoms with Gasteiger partial charge < -0.3 is 10.4 Å². The van der Waals surface area contributed by atoms with E-state index in [-0.39, 0.29) is 0 Å². The van der Waals surface area contributed by atoms with Gasteiger partial charge in [-0.1, -0.05) is 12.8 Å². The fraction of sp³-hybridized carbons (Fsp3) is 1.00. The van der Waals surface area contributed by atoms with Gasteiger partial charge in [-0.05, 0) is 75.7 Å². The smallest absolute Gasteiger partial charge is 0.0431 e. The van der Waals surface area contributed by atoms with Crippen molar-refractivity contribution in [1.82, 2.24) is 5.32 Å². The summed E-state index contributed by atoms with van der Waals surface area (Å²) in [5.41, 5.74) is 0.547. The second-order valence-corrected chi connectivity index (χ2v) is 7.26. The van der Waals surface area contributed by atoms with Crippen molar-refractivity contribution in [1.29, 1.82) is 0 Å². The zero-order valence-electron chi connectivity index (χ0n) is 11.7. The highest BCUT2D eigenvalue weighted by atomic mass is 16.2. The highest BCUT2D eigenvalue weighted by molar-refractivity contribution is 5.06. The van der Waals surface area contributed by atoms with E-state index in [2.05, 4.69) is 5.32 Å². The van der Waals surface area contributed by atoms with Gasteiger partial charge in [-0.25, -0.2) is 0 Å². The summed E-state index contributed by atoms with van der Waals surface area (Å²) < 4.78 is 0. The predicted molar refractivity (Wildman–Crippen MR) is 74.5 cm³/mol. The SMILES string of the molecule is OCCCCCCNC12CC3CC(CC(C3)C1)C2. The van der Waals surface area contributed by atoms with Crippen LogP contribution in [0, 0.1) is 17.8 Å². The van der Waals surface area contributed by atoms with Gasteiger partial charge in [0, 0.05) is 12.1 Å². The number of hydrogen-bond acceptors (Lipinski definition) is 2. The Morgan fingerprint density at radius 1 is 0.833 bits per heavy atom. The summed E-state index contributed by atoms with van der Waals surface area (Å²) in [6, 6.07) is 0. The van der Waals surface area contributed by atoms with E-state index in [9.17, 15) is 0 Å². The molecule has 0 aromatic carbocycles. The highest BCUT2D eigenvalue weighted by Crippen LogP contribution is 2.55. The monoisotopic (exact) mass is 251 g/mol. The van der Waals surface area contributed by atoms with Gasteiger partial charge in [-0.3, -0.25) is 0 Å². The minimum Gasteiger partial charge on any atom is -0.396 e. The van der Waals surface area contributed by atoms with Crippen molar-refractivity contribution < 1.29 is 5.11 Å². The molecule has 4 bridgehead atoms. The Morgan fingerprint density at radius 3 is 1.94 bits per heavy atom. The quantitative estimate of drug-likeness (QED) is 0.682. The summed E-state index contributed by atoms with van der Waals surface area (Å²) in [5.74, 6) is 3.16. The molecule has 4 aliphatic rings. The van der Waals surface area contributed by atoms with Crippen LogP contribution in [-0.2, 0) is 0 Å². The fourth-order valence-corrected chi connectivity index (χ4v) is 5.27. The average Bonchev–Trinajstić information content (AvgIpc) is 2.32. The van der Waals surface area contributed by atoms with E-state index in [4.69, 9.17) is 5.11 Å². The highest BCUT2D eigenvalue weighted by Gasteiger charge is 2.50. The molecule has 4 rings (SSSR count). The molecule has 18 heavy (non-hydrogen) atoms. The van der Waals surface area contributed by atoms with Gasteiger partial charge in [0.1, 0.15) is 0 Å². The van der Waals surface area contributed by atoms with Crippen LogP contribution >= 0.6 is 0 Å². The Kier molecular flexibility index (Phi) is 3.95. The number of rotatable bonds is 7. The lowest BCUT2D eigenvalue weighted by Crippen LogP contribution is -2.58. The molecule has 4 saturated carbocycles. The molecule has 2 N–H and O–H groups in total. The molecule has 0 atom stereocenters. The van der Waals surface area contributed by atoms with Crippen LogP contribution in [0.2, 0.25) is 0 Å². The number of hydrogen-bond donors (Lipinski definition) is 2. The van der Waals surface area contributed by atoms with E-state index in [0.29, 0.717) is 12.1 Å². The molecule has 2 nitrogen and oxygen atoms in total. The first kappa shape index (κ1) is 12.9. The molecule has 2 heteroatoms. The van der Waals surface area contributed by atoms with E-state index in [0.717, 1.165) is 24.2 Å². The largest absolute Gasteiger partial charge is 0.396 e. The van der Waals surface area contributed by atoms with Gasteiger partial charge in [-0.2, -0.15) is 0 Å². The van der Waals surface area contributed by atoms with Crippen LogP contribution in [0.5, 0.6) is 0 Å². The van der Waals surface area contributed by atoms with Gasteiger partial charge in [0.25, 0.3) is 0 Å². The molecule has 0 aromatic heterocycles. The third kappa shape index (κ3) is 2.75. The van der Waals surface area contributed by atoms with Crippen molar-refractivity contribution in [2.24, 2.45) is 17.8 Å². The van der Waals surface area contributed by atoms with Crippen LogP contribution in [0.1, 0.15) is 64.2 Å². The molecular formula is C16H29NO. The molecule has 0 unspecified atom stereocenters. The van der Waals surface area contributed by atoms with Crippen molar-refractivity contribution in [3.05, 3.63) is 0 Å². The Labute approximate surface area is 112 Å². The van der Waals surface area contributed by atoms with Crippen LogP contribution in [0.15, 0.2) is 0 Å². The molecule has 0 amide bonds. The van der Waals surface area contributed by atoms with E-state index in [1.807, 2.05) is 0 Å². The zero-order chi connectivity index (χ0) is 12.4. The van der Waals surface area contributed by atoms with Gasteiger partial charge in [0.15, 0.2) is 0 Å². The van der Waals surface area contributed by atoms with E-state index in [1.165, 1.54) is 64.3 Å². The van der Waals surface area contributed by atoms with Crippen molar-refractivity contribution >= 4 is 0 Å². The first-order chi connectivity index (χ1) is 8.80. The minimum absolute atomic E-state index is 0.363. The Balaban J connectivity index is 1.42. The summed E-state index contributed by atoms with van der Waals surface area (Å²) >= 11 is 0. The minimum atomic E-state index is 0.363. The lowest BCUT2D eigenvalue weighted by molar-refractivity contribution is -0.0196. The van der Waals surface area contributed by atoms with Crippen LogP contribution in [0.4, 0.5) is 0 Å². The van der Waals surface area contributed by atoms with Crippen molar-refractivity contribution in [2.75, 3.05) is 13.2 Å². The second-order valence-electron chi connectivity index (χ2n) is 7.26. The molecule has 0 saturated heterocycles. The molecule has 4 aliphatic carbocycles. The molecule has 4 fully saturated rings. The summed E-state index contributed by atoms with van der Waals surface area (Å²) in [6.07, 6.45) is 13.8. The number of nitrogens with one attached hydrogen (secondary N) is 1. The lowest BCUT2D eigenvalue weighted by Gasteiger charge is -2.57. The summed E-state index contributed by atoms with van der Waals surface area (Å²) in [6.45, 7) is 1.57. The van der Waals surface area contributed by atoms with Crippen LogP contribution in [0.3, 0.4) is 0 Å². The van der Waals surface area contributed by atoms with Crippen molar-refractivity contribution in [2.45, 2.75) is 69.7 Å². The predicted octanol–water partition coefficient (Wildman–Crippen LogP) is 3.10. The maximum absolute atomic E-state index is 8.76. The Morgan fingerprint density at radius 2 is 1.39 bits per heavy atom. The Bertz CT molecular complexity index is 241. The number of aliphatic hydroxyl groups excluding tert-OH is 1. The maximum atomic E-state index is 8.76. The lowest BCUT2D eigenvalue weighted by atomic mass is 9.53. The topological polar surface area (TPSA) is 32.3 Å². The van der Waals surface area contributed by atoms with Crippen LogP contribution in [0.25, 0.3) is 0 Å². The molecule has 0 aromatic rings. The zero-order valence-corrected chi connectivity index (χ0v) is 11.7. The number of unbranched alkanes of at least 4 members (excludes halogenated alkanes) is 3. The Hall–Kier alpha value is -0.0800. The molecular weight excluding hydrogens is 222 g/mol. The maximum Gasteiger partial charge on any atom is 0.0431 e. The van der Waals surface area contributed by atoms with Crippen molar-refractivity contribution in [3.8, 4) is 0 Å². The van der Waals surface area contributed by atoms with Crippen LogP contribution in [-0.4, -0.2) is 23.8 Å². The summed E-state index contributed by atoms with van der Waals surface area (Å²) in [4.78, 5) is 0. The molecule has 0 radical (unpaired) electrons. The normalized spacial score (nSPS) is 41.5. The van der Waals surface area contributed by atoms with Gasteiger partial charge >= 0.3 is 0 Å². The van der Waals surface area contributed by atoms with Gasteiger partial charge in [-0.15, -0.1) is 0 Å². The fourth-order valence-electron chi connectivity index (χ4n) is 5.27. The average molecular weight is 251 g/mol. The van der Waals surface area contributed by atoms with E-state index < -0.39 is 0 Å². The molecule has 0 spiro atoms. The first-order valence-corrected chi connectivity index (χ1v) is 8.15. The molecule has 104 valence electrons. The van der Waals surface area contributed by atoms with E-state index >= 15 is 0 Å². The number of aliphatic hydroxyl groups is 1. The van der Waals surface area contributed by atoms with E-state index in [1.54, 1.807) is 0 Å². The second kappa shape index (κ2) is 5.50. The summed E-state index contributed by atoms with van der Waals surface area (Å²) in [5, 5.41) is 12.7. The van der Waals surface area contributed by atoms with Crippen molar-refractivity contribution in [3.63, 3.8) is 0 Å². The van der Waals surface area contributed by atoms with Crippen LogP contribution < -0.4 is 5.32 Å². The molecule has 0 aliphatic heterocycles. The first-order valence-electron chi connectivity index (χ1n) is 8.15. The summed E-state index contributed by atoms with van der Waals surface area (Å²) in [7, 11) is 0. The standard InChI is InChI=1S/C16H29NO/c18-6-4-2-1-3-5-17-16-10-13-7-14(11-16)9-15(8-13)12-16/h13-15,17-18H,1-12H2. The van der Waals surface area contributed by atoms with Gasteiger partial charge in [0.05, 0.1) is 0 Å². The molecule has 0 heterocycles. The third-order valence-electron chi connectivity index (χ3n) is 5.62. The third-order valence-corrected chi connectivity index (χ3v) is 5.62. The van der Waals surface area contributed by atoms with Gasteiger partial charge in [0.2, 0.25) is 0 Å².